The van der Waals surface area contributed by atoms with Gasteiger partial charge in [0.15, 0.2) is 11.6 Å². The van der Waals surface area contributed by atoms with Crippen LogP contribution in [0.2, 0.25) is 0 Å². The van der Waals surface area contributed by atoms with E-state index in [4.69, 9.17) is 4.98 Å². The number of anilines is 2. The highest BCUT2D eigenvalue weighted by Crippen LogP contribution is 2.39. The average molecular weight is 412 g/mol. The number of allylic oxidation sites excluding steroid dienone is 2. The topological polar surface area (TPSA) is 62.2 Å². The van der Waals surface area contributed by atoms with E-state index in [0.29, 0.717) is 23.8 Å². The van der Waals surface area contributed by atoms with Gasteiger partial charge >= 0.3 is 0 Å². The van der Waals surface area contributed by atoms with Crippen LogP contribution in [-0.2, 0) is 4.79 Å². The van der Waals surface area contributed by atoms with E-state index in [1.165, 1.54) is 0 Å². The molecule has 6 nitrogen and oxygen atoms in total. The van der Waals surface area contributed by atoms with Crippen molar-refractivity contribution in [2.75, 3.05) is 16.8 Å². The molecule has 6 heteroatoms. The Kier molecular flexibility index (Phi) is 5.62. The van der Waals surface area contributed by atoms with Crippen LogP contribution in [0.15, 0.2) is 79.3 Å². The predicted octanol–water partition coefficient (Wildman–Crippen LogP) is 4.86. The maximum Gasteiger partial charge on any atom is 0.249 e. The van der Waals surface area contributed by atoms with E-state index in [-0.39, 0.29) is 11.9 Å². The molecule has 0 radical (unpaired) electrons. The number of carbonyl (C=O) groups excluding carboxylic acids is 1. The van der Waals surface area contributed by atoms with Crippen LogP contribution in [0, 0.1) is 0 Å². The van der Waals surface area contributed by atoms with Crippen molar-refractivity contribution >= 4 is 17.4 Å². The molecule has 1 aromatic carbocycles. The number of hydrogen-bond acceptors (Lipinski definition) is 5. The molecule has 0 fully saturated rings. The number of aromatic nitrogens is 3. The molecule has 1 aliphatic rings. The van der Waals surface area contributed by atoms with E-state index in [2.05, 4.69) is 16.5 Å². The number of pyridine rings is 1. The summed E-state index contributed by atoms with van der Waals surface area (Å²) in [6, 6.07) is 13.5. The molecule has 31 heavy (non-hydrogen) atoms. The lowest BCUT2D eigenvalue weighted by Crippen LogP contribution is -2.51. The molecule has 1 atom stereocenters. The van der Waals surface area contributed by atoms with Gasteiger partial charge in [-0.2, -0.15) is 0 Å². The summed E-state index contributed by atoms with van der Waals surface area (Å²) in [6.45, 7) is 7.87. The van der Waals surface area contributed by atoms with Gasteiger partial charge in [0.2, 0.25) is 5.91 Å². The lowest BCUT2D eigenvalue weighted by molar-refractivity contribution is -0.119. The van der Waals surface area contributed by atoms with Crippen LogP contribution < -0.4 is 9.80 Å². The first-order chi connectivity index (χ1) is 15.1. The largest absolute Gasteiger partial charge is 0.312 e. The highest BCUT2D eigenvalue weighted by Gasteiger charge is 2.38. The van der Waals surface area contributed by atoms with Gasteiger partial charge in [0.1, 0.15) is 11.7 Å². The first kappa shape index (κ1) is 20.5. The Balaban J connectivity index is 1.92. The summed E-state index contributed by atoms with van der Waals surface area (Å²) in [5, 5.41) is 0. The van der Waals surface area contributed by atoms with Gasteiger partial charge < -0.3 is 9.80 Å². The van der Waals surface area contributed by atoms with E-state index in [0.717, 1.165) is 22.5 Å². The second-order valence-corrected chi connectivity index (χ2v) is 7.28. The monoisotopic (exact) mass is 411 g/mol. The fourth-order valence-electron chi connectivity index (χ4n) is 3.94. The van der Waals surface area contributed by atoms with Gasteiger partial charge in [-0.15, -0.1) is 0 Å². The lowest BCUT2D eigenvalue weighted by atomic mass is 10.0. The summed E-state index contributed by atoms with van der Waals surface area (Å²) in [7, 11) is 1.77. The molecule has 156 valence electrons. The van der Waals surface area contributed by atoms with Crippen molar-refractivity contribution in [2.24, 2.45) is 0 Å². The Morgan fingerprint density at radius 1 is 1.16 bits per heavy atom. The minimum Gasteiger partial charge on any atom is -0.312 e. The maximum atomic E-state index is 13.0. The van der Waals surface area contributed by atoms with Gasteiger partial charge in [-0.05, 0) is 31.6 Å². The Morgan fingerprint density at radius 3 is 2.61 bits per heavy atom. The van der Waals surface area contributed by atoms with Crippen LogP contribution in [0.3, 0.4) is 0 Å². The zero-order valence-corrected chi connectivity index (χ0v) is 18.0. The minimum atomic E-state index is -0.355. The van der Waals surface area contributed by atoms with Crippen molar-refractivity contribution in [1.29, 1.82) is 0 Å². The van der Waals surface area contributed by atoms with E-state index in [1.807, 2.05) is 67.3 Å². The second kappa shape index (κ2) is 8.52. The van der Waals surface area contributed by atoms with E-state index < -0.39 is 0 Å². The number of amides is 1. The van der Waals surface area contributed by atoms with Crippen molar-refractivity contribution in [1.82, 2.24) is 15.0 Å². The van der Waals surface area contributed by atoms with Crippen LogP contribution >= 0.6 is 0 Å². The number of rotatable bonds is 5. The summed E-state index contributed by atoms with van der Waals surface area (Å²) in [5.74, 6) is 1.27. The molecule has 2 aromatic heterocycles. The number of carbonyl (C=O) groups is 1. The van der Waals surface area contributed by atoms with Gasteiger partial charge in [0.25, 0.3) is 0 Å². The molecule has 0 N–H and O–H groups in total. The van der Waals surface area contributed by atoms with E-state index in [9.17, 15) is 4.79 Å². The molecule has 0 aliphatic carbocycles. The van der Waals surface area contributed by atoms with Crippen LogP contribution in [0.4, 0.5) is 11.5 Å². The number of hydrogen-bond donors (Lipinski definition) is 0. The molecular formula is C25H25N5O. The Hall–Kier alpha value is -3.80. The van der Waals surface area contributed by atoms with Crippen molar-refractivity contribution in [3.05, 3.63) is 79.3 Å². The summed E-state index contributed by atoms with van der Waals surface area (Å²) >= 11 is 0. The van der Waals surface area contributed by atoms with Crippen LogP contribution in [-0.4, -0.2) is 33.9 Å². The third-order valence-electron chi connectivity index (χ3n) is 5.53. The number of likely N-dealkylation sites (N-methyl/N-ethyl adjacent to an activating group) is 1. The highest BCUT2D eigenvalue weighted by atomic mass is 16.2. The van der Waals surface area contributed by atoms with E-state index >= 15 is 0 Å². The molecule has 0 unspecified atom stereocenters. The molecule has 3 heterocycles. The van der Waals surface area contributed by atoms with Gasteiger partial charge in [0.05, 0.1) is 11.9 Å². The van der Waals surface area contributed by atoms with Crippen LogP contribution in [0.25, 0.3) is 22.6 Å². The SMILES string of the molecule is C=C/C(=C\C)N1c2nc(-c3cccnc3-c3ccccc3)ncc2N(C)C(=O)[C@H]1CC. The molecule has 3 aromatic rings. The molecule has 0 saturated heterocycles. The molecular weight excluding hydrogens is 386 g/mol. The lowest BCUT2D eigenvalue weighted by Gasteiger charge is -2.40. The van der Waals surface area contributed by atoms with Crippen molar-refractivity contribution in [2.45, 2.75) is 26.3 Å². The quantitative estimate of drug-likeness (QED) is 0.561. The fourth-order valence-corrected chi connectivity index (χ4v) is 3.94. The molecule has 0 bridgehead atoms. The average Bonchev–Trinajstić information content (AvgIpc) is 2.83. The van der Waals surface area contributed by atoms with Crippen molar-refractivity contribution < 1.29 is 4.79 Å². The molecule has 0 saturated carbocycles. The van der Waals surface area contributed by atoms with Gasteiger partial charge in [0, 0.05) is 30.1 Å². The fraction of sp³-hybridized carbons (Fsp3) is 0.200. The zero-order valence-electron chi connectivity index (χ0n) is 18.0. The second-order valence-electron chi connectivity index (χ2n) is 7.28. The maximum absolute atomic E-state index is 13.0. The first-order valence-corrected chi connectivity index (χ1v) is 10.3. The molecule has 4 rings (SSSR count). The first-order valence-electron chi connectivity index (χ1n) is 10.3. The number of fused-ring (bicyclic) bond motifs is 1. The van der Waals surface area contributed by atoms with Crippen LogP contribution in [0.1, 0.15) is 20.3 Å². The molecule has 1 aliphatic heterocycles. The number of nitrogens with zero attached hydrogens (tertiary/aromatic N) is 5. The Bertz CT molecular complexity index is 1160. The summed E-state index contributed by atoms with van der Waals surface area (Å²) in [5.41, 5.74) is 4.16. The van der Waals surface area contributed by atoms with Crippen LogP contribution in [0.5, 0.6) is 0 Å². The molecule has 1 amide bonds. The Morgan fingerprint density at radius 2 is 1.94 bits per heavy atom. The molecule has 0 spiro atoms. The third kappa shape index (κ3) is 3.50. The van der Waals surface area contributed by atoms with Crippen molar-refractivity contribution in [3.63, 3.8) is 0 Å². The smallest absolute Gasteiger partial charge is 0.249 e. The Labute approximate surface area is 182 Å². The van der Waals surface area contributed by atoms with Gasteiger partial charge in [-0.1, -0.05) is 49.9 Å². The van der Waals surface area contributed by atoms with E-state index in [1.54, 1.807) is 30.4 Å². The van der Waals surface area contributed by atoms with Gasteiger partial charge in [-0.3, -0.25) is 9.78 Å². The minimum absolute atomic E-state index is 0.0129. The third-order valence-corrected chi connectivity index (χ3v) is 5.53. The standard InChI is InChI=1S/C25H25N5O/c1-5-18(6-2)30-20(7-3)25(31)29(4)21-16-27-23(28-24(21)30)19-14-11-15-26-22(19)17-12-9-8-10-13-17/h5-6,8-16,20H,1,7H2,2-4H3/b18-6+/t20-/m1/s1. The summed E-state index contributed by atoms with van der Waals surface area (Å²) in [4.78, 5) is 30.8. The normalized spacial score (nSPS) is 16.3. The predicted molar refractivity (Wildman–Crippen MR) is 125 cm³/mol. The highest BCUT2D eigenvalue weighted by molar-refractivity contribution is 6.05. The van der Waals surface area contributed by atoms with Gasteiger partial charge in [-0.25, -0.2) is 9.97 Å². The summed E-state index contributed by atoms with van der Waals surface area (Å²) in [6.07, 6.45) is 7.83. The summed E-state index contributed by atoms with van der Waals surface area (Å²) < 4.78 is 0. The zero-order chi connectivity index (χ0) is 22.0. The number of benzene rings is 1. The van der Waals surface area contributed by atoms with Crippen molar-refractivity contribution in [3.8, 4) is 22.6 Å².